The van der Waals surface area contributed by atoms with Gasteiger partial charge in [-0.25, -0.2) is 9.97 Å². The monoisotopic (exact) mass is 517 g/mol. The van der Waals surface area contributed by atoms with E-state index in [0.717, 1.165) is 15.6 Å². The lowest BCUT2D eigenvalue weighted by Crippen LogP contribution is -2.33. The SMILES string of the molecule is C[C@H](CSc1nc2ccccc2s1)Nc1nc(N(C)C)nc2c1ncn2[C@@H]1O[C@H](CO)[C@@H](O)[C@H]1O. The molecule has 0 amide bonds. The lowest BCUT2D eigenvalue weighted by atomic mass is 10.1. The third kappa shape index (κ3) is 4.67. The second-order valence-electron chi connectivity index (χ2n) is 8.62. The minimum atomic E-state index is -1.23. The highest BCUT2D eigenvalue weighted by molar-refractivity contribution is 8.01. The van der Waals surface area contributed by atoms with Crippen molar-refractivity contribution in [1.82, 2.24) is 24.5 Å². The van der Waals surface area contributed by atoms with Crippen LogP contribution >= 0.6 is 23.1 Å². The van der Waals surface area contributed by atoms with Gasteiger partial charge in [-0.3, -0.25) is 4.57 Å². The van der Waals surface area contributed by atoms with Crippen LogP contribution in [0.5, 0.6) is 0 Å². The number of thiazole rings is 1. The fourth-order valence-corrected chi connectivity index (χ4v) is 5.93. The number of aromatic nitrogens is 5. The van der Waals surface area contributed by atoms with Crippen molar-refractivity contribution in [3.8, 4) is 0 Å². The van der Waals surface area contributed by atoms with Crippen molar-refractivity contribution < 1.29 is 20.1 Å². The van der Waals surface area contributed by atoms with Crippen molar-refractivity contribution in [2.24, 2.45) is 0 Å². The number of hydrogen-bond acceptors (Lipinski definition) is 12. The summed E-state index contributed by atoms with van der Waals surface area (Å²) in [6.45, 7) is 1.66. The summed E-state index contributed by atoms with van der Waals surface area (Å²) in [5.74, 6) is 1.78. The predicted molar refractivity (Wildman–Crippen MR) is 136 cm³/mol. The third-order valence-corrected chi connectivity index (χ3v) is 8.15. The summed E-state index contributed by atoms with van der Waals surface area (Å²) in [7, 11) is 3.68. The highest BCUT2D eigenvalue weighted by atomic mass is 32.2. The Labute approximate surface area is 209 Å². The summed E-state index contributed by atoms with van der Waals surface area (Å²) < 4.78 is 9.43. The minimum Gasteiger partial charge on any atom is -0.394 e. The van der Waals surface area contributed by atoms with Crippen LogP contribution in [0.1, 0.15) is 13.2 Å². The van der Waals surface area contributed by atoms with E-state index in [9.17, 15) is 15.3 Å². The lowest BCUT2D eigenvalue weighted by molar-refractivity contribution is -0.0511. The summed E-state index contributed by atoms with van der Waals surface area (Å²) in [6, 6.07) is 8.13. The molecule has 0 unspecified atom stereocenters. The van der Waals surface area contributed by atoms with E-state index in [1.807, 2.05) is 32.3 Å². The van der Waals surface area contributed by atoms with Crippen LogP contribution in [0.15, 0.2) is 34.9 Å². The number of para-hydroxylation sites is 1. The third-order valence-electron chi connectivity index (χ3n) is 5.72. The van der Waals surface area contributed by atoms with E-state index < -0.39 is 31.1 Å². The van der Waals surface area contributed by atoms with E-state index in [1.165, 1.54) is 11.0 Å². The minimum absolute atomic E-state index is 0.0409. The van der Waals surface area contributed by atoms with Crippen LogP contribution < -0.4 is 10.2 Å². The Morgan fingerprint density at radius 1 is 1.20 bits per heavy atom. The molecular weight excluding hydrogens is 490 g/mol. The van der Waals surface area contributed by atoms with Gasteiger partial charge in [0, 0.05) is 25.9 Å². The molecule has 13 heteroatoms. The van der Waals surface area contributed by atoms with E-state index in [0.29, 0.717) is 22.9 Å². The number of benzene rings is 1. The molecule has 1 saturated heterocycles. The lowest BCUT2D eigenvalue weighted by Gasteiger charge is -2.19. The van der Waals surface area contributed by atoms with Crippen LogP contribution in [0.25, 0.3) is 21.4 Å². The maximum atomic E-state index is 10.5. The smallest absolute Gasteiger partial charge is 0.228 e. The maximum Gasteiger partial charge on any atom is 0.228 e. The molecule has 4 N–H and O–H groups in total. The second kappa shape index (κ2) is 9.84. The van der Waals surface area contributed by atoms with Gasteiger partial charge >= 0.3 is 0 Å². The first-order valence-corrected chi connectivity index (χ1v) is 12.9. The zero-order chi connectivity index (χ0) is 24.7. The van der Waals surface area contributed by atoms with Gasteiger partial charge in [-0.1, -0.05) is 23.9 Å². The Bertz CT molecular complexity index is 1300. The number of rotatable bonds is 8. The van der Waals surface area contributed by atoms with Crippen LogP contribution in [-0.4, -0.2) is 90.6 Å². The van der Waals surface area contributed by atoms with E-state index in [-0.39, 0.29) is 6.04 Å². The molecule has 5 rings (SSSR count). The Morgan fingerprint density at radius 2 is 2.00 bits per heavy atom. The second-order valence-corrected chi connectivity index (χ2v) is 10.9. The van der Waals surface area contributed by atoms with Gasteiger partial charge in [0.05, 0.1) is 23.2 Å². The number of hydrogen-bond donors (Lipinski definition) is 4. The molecule has 4 aromatic rings. The number of nitrogens with zero attached hydrogens (tertiary/aromatic N) is 6. The number of aliphatic hydroxyl groups is 3. The Hall–Kier alpha value is -2.55. The first-order chi connectivity index (χ1) is 16.9. The number of nitrogens with one attached hydrogen (secondary N) is 1. The molecule has 0 spiro atoms. The summed E-state index contributed by atoms with van der Waals surface area (Å²) in [5, 5.41) is 33.6. The topological polar surface area (TPSA) is 142 Å². The standard InChI is InChI=1S/C22H27N7O4S2/c1-11(9-34-22-25-12-6-4-5-7-14(12)35-22)24-18-15-19(27-21(26-18)28(2)3)29(10-23-15)20-17(32)16(31)13(8-30)33-20/h4-7,10-11,13,16-17,20,30-32H,8-9H2,1-3H3,(H,24,26,27)/t11-,13-,16-,17-,20-/m1/s1. The van der Waals surface area contributed by atoms with Gasteiger partial charge in [-0.05, 0) is 19.1 Å². The fraction of sp³-hybridized carbons (Fsp3) is 0.455. The highest BCUT2D eigenvalue weighted by Gasteiger charge is 2.44. The molecule has 35 heavy (non-hydrogen) atoms. The molecule has 0 radical (unpaired) electrons. The van der Waals surface area contributed by atoms with Gasteiger partial charge < -0.3 is 30.3 Å². The molecule has 0 aliphatic carbocycles. The zero-order valence-electron chi connectivity index (χ0n) is 19.4. The Kier molecular flexibility index (Phi) is 6.79. The number of ether oxygens (including phenoxy) is 1. The van der Waals surface area contributed by atoms with Crippen molar-refractivity contribution in [2.75, 3.05) is 36.7 Å². The summed E-state index contributed by atoms with van der Waals surface area (Å²) >= 11 is 3.35. The Morgan fingerprint density at radius 3 is 2.71 bits per heavy atom. The molecule has 3 aromatic heterocycles. The number of fused-ring (bicyclic) bond motifs is 2. The fourth-order valence-electron chi connectivity index (χ4n) is 3.89. The van der Waals surface area contributed by atoms with Gasteiger partial charge in [0.1, 0.15) is 18.3 Å². The molecule has 1 aliphatic rings. The van der Waals surface area contributed by atoms with Crippen LogP contribution in [0.4, 0.5) is 11.8 Å². The molecule has 0 bridgehead atoms. The summed E-state index contributed by atoms with van der Waals surface area (Å²) in [6.07, 6.45) is -2.76. The van der Waals surface area contributed by atoms with E-state index in [1.54, 1.807) is 32.6 Å². The zero-order valence-corrected chi connectivity index (χ0v) is 21.1. The normalized spacial score (nSPS) is 23.3. The molecule has 186 valence electrons. The molecule has 1 fully saturated rings. The van der Waals surface area contributed by atoms with Crippen molar-refractivity contribution in [3.63, 3.8) is 0 Å². The molecule has 11 nitrogen and oxygen atoms in total. The van der Waals surface area contributed by atoms with Crippen molar-refractivity contribution in [1.29, 1.82) is 0 Å². The van der Waals surface area contributed by atoms with E-state index in [4.69, 9.17) is 4.74 Å². The Balaban J connectivity index is 1.39. The average Bonchev–Trinajstić information content (AvgIpc) is 3.53. The molecule has 1 aliphatic heterocycles. The van der Waals surface area contributed by atoms with Gasteiger partial charge in [-0.2, -0.15) is 9.97 Å². The summed E-state index contributed by atoms with van der Waals surface area (Å²) in [5.41, 5.74) is 1.97. The quantitative estimate of drug-likeness (QED) is 0.254. The largest absolute Gasteiger partial charge is 0.394 e. The average molecular weight is 518 g/mol. The molecule has 4 heterocycles. The molecular formula is C22H27N7O4S2. The van der Waals surface area contributed by atoms with E-state index >= 15 is 0 Å². The maximum absolute atomic E-state index is 10.5. The van der Waals surface area contributed by atoms with Gasteiger partial charge in [-0.15, -0.1) is 11.3 Å². The molecule has 5 atom stereocenters. The number of imidazole rings is 1. The first kappa shape index (κ1) is 24.2. The first-order valence-electron chi connectivity index (χ1n) is 11.1. The van der Waals surface area contributed by atoms with Crippen LogP contribution in [-0.2, 0) is 4.74 Å². The number of anilines is 2. The van der Waals surface area contributed by atoms with Crippen molar-refractivity contribution in [2.45, 2.75) is 41.8 Å². The predicted octanol–water partition coefficient (Wildman–Crippen LogP) is 1.71. The van der Waals surface area contributed by atoms with Crippen molar-refractivity contribution in [3.05, 3.63) is 30.6 Å². The van der Waals surface area contributed by atoms with Crippen LogP contribution in [0.3, 0.4) is 0 Å². The van der Waals surface area contributed by atoms with E-state index in [2.05, 4.69) is 38.2 Å². The number of thioether (sulfide) groups is 1. The molecule has 0 saturated carbocycles. The van der Waals surface area contributed by atoms with Crippen molar-refractivity contribution >= 4 is 56.2 Å². The van der Waals surface area contributed by atoms with Gasteiger partial charge in [0.25, 0.3) is 0 Å². The van der Waals surface area contributed by atoms with Gasteiger partial charge in [0.2, 0.25) is 5.95 Å². The van der Waals surface area contributed by atoms with Gasteiger partial charge in [0.15, 0.2) is 27.5 Å². The molecule has 1 aromatic carbocycles. The van der Waals surface area contributed by atoms with Crippen LogP contribution in [0, 0.1) is 0 Å². The number of aliphatic hydroxyl groups excluding tert-OH is 3. The highest BCUT2D eigenvalue weighted by Crippen LogP contribution is 2.34. The van der Waals surface area contributed by atoms with Crippen LogP contribution in [0.2, 0.25) is 0 Å². The summed E-state index contributed by atoms with van der Waals surface area (Å²) in [4.78, 5) is 20.2.